The van der Waals surface area contributed by atoms with Gasteiger partial charge in [0.2, 0.25) is 0 Å². The molecule has 0 aromatic carbocycles. The first-order chi connectivity index (χ1) is 12.4. The number of carbonyl (C=O) groups excluding carboxylic acids is 1. The summed E-state index contributed by atoms with van der Waals surface area (Å²) < 4.78 is 32.4. The van der Waals surface area contributed by atoms with Crippen LogP contribution in [0.15, 0.2) is 4.99 Å². The van der Waals surface area contributed by atoms with Crippen LogP contribution in [-0.2, 0) is 24.1 Å². The molecule has 26 heavy (non-hydrogen) atoms. The molecule has 0 radical (unpaired) electrons. The minimum absolute atomic E-state index is 0.00997. The summed E-state index contributed by atoms with van der Waals surface area (Å²) in [6.07, 6.45) is 4.64. The summed E-state index contributed by atoms with van der Waals surface area (Å²) in [5.74, 6) is 0.672. The highest BCUT2D eigenvalue weighted by atomic mass is 32.2. The summed E-state index contributed by atoms with van der Waals surface area (Å²) in [6, 6.07) is 0.282. The molecule has 0 unspecified atom stereocenters. The molecule has 8 nitrogen and oxygen atoms in total. The molecule has 1 rings (SSSR count). The van der Waals surface area contributed by atoms with Crippen LogP contribution in [0.3, 0.4) is 0 Å². The molecule has 152 valence electrons. The van der Waals surface area contributed by atoms with Crippen LogP contribution in [0, 0.1) is 5.92 Å². The van der Waals surface area contributed by atoms with Crippen LogP contribution in [0.1, 0.15) is 39.5 Å². The molecule has 0 aromatic heterocycles. The van der Waals surface area contributed by atoms with Crippen molar-refractivity contribution in [1.29, 1.82) is 0 Å². The van der Waals surface area contributed by atoms with Gasteiger partial charge in [-0.25, -0.2) is 8.42 Å². The minimum Gasteiger partial charge on any atom is -0.466 e. The van der Waals surface area contributed by atoms with Crippen molar-refractivity contribution >= 4 is 21.8 Å². The molecule has 1 saturated carbocycles. The van der Waals surface area contributed by atoms with E-state index in [4.69, 9.17) is 9.47 Å². The lowest BCUT2D eigenvalue weighted by Gasteiger charge is -2.29. The standard InChI is InChI=1S/C17H33N3O5S/c1-4-18-17(19-10-11-24-12-13-26(3,22)23)20-15-8-6-14(7-9-15)16(21)25-5-2/h14-15H,4-13H2,1-3H3,(H2,18,19,20). The van der Waals surface area contributed by atoms with Crippen molar-refractivity contribution in [2.24, 2.45) is 10.9 Å². The molecular formula is C17H33N3O5S. The maximum Gasteiger partial charge on any atom is 0.308 e. The van der Waals surface area contributed by atoms with Gasteiger partial charge < -0.3 is 20.1 Å². The fourth-order valence-corrected chi connectivity index (χ4v) is 3.20. The number of nitrogens with one attached hydrogen (secondary N) is 2. The van der Waals surface area contributed by atoms with Crippen molar-refractivity contribution in [2.75, 3.05) is 44.9 Å². The molecule has 0 amide bonds. The summed E-state index contributed by atoms with van der Waals surface area (Å²) in [5.41, 5.74) is 0. The van der Waals surface area contributed by atoms with E-state index in [1.165, 1.54) is 6.26 Å². The predicted octanol–water partition coefficient (Wildman–Crippen LogP) is 0.725. The second kappa shape index (κ2) is 12.1. The quantitative estimate of drug-likeness (QED) is 0.245. The molecule has 2 N–H and O–H groups in total. The number of sulfone groups is 1. The maximum absolute atomic E-state index is 11.8. The van der Waals surface area contributed by atoms with E-state index in [0.717, 1.165) is 38.2 Å². The van der Waals surface area contributed by atoms with Gasteiger partial charge in [0, 0.05) is 18.8 Å². The lowest BCUT2D eigenvalue weighted by Crippen LogP contribution is -2.45. The molecule has 0 aliphatic heterocycles. The molecule has 0 aromatic rings. The highest BCUT2D eigenvalue weighted by molar-refractivity contribution is 7.90. The molecule has 1 aliphatic carbocycles. The van der Waals surface area contributed by atoms with Gasteiger partial charge in [-0.05, 0) is 39.5 Å². The molecule has 0 atom stereocenters. The van der Waals surface area contributed by atoms with Crippen molar-refractivity contribution in [3.05, 3.63) is 0 Å². The lowest BCUT2D eigenvalue weighted by molar-refractivity contribution is -0.149. The monoisotopic (exact) mass is 391 g/mol. The molecule has 0 bridgehead atoms. The van der Waals surface area contributed by atoms with Gasteiger partial charge in [0.1, 0.15) is 9.84 Å². The van der Waals surface area contributed by atoms with Crippen molar-refractivity contribution in [2.45, 2.75) is 45.6 Å². The molecular weight excluding hydrogens is 358 g/mol. The SMILES string of the molecule is CCNC(=NCCOCCS(C)(=O)=O)NC1CCC(C(=O)OCC)CC1. The third-order valence-electron chi connectivity index (χ3n) is 4.14. The van der Waals surface area contributed by atoms with Gasteiger partial charge in [0.05, 0.1) is 38.0 Å². The van der Waals surface area contributed by atoms with Crippen LogP contribution in [0.25, 0.3) is 0 Å². The number of esters is 1. The average molecular weight is 392 g/mol. The van der Waals surface area contributed by atoms with E-state index in [1.807, 2.05) is 13.8 Å². The van der Waals surface area contributed by atoms with Gasteiger partial charge in [-0.2, -0.15) is 0 Å². The Kier molecular flexibility index (Phi) is 10.6. The van der Waals surface area contributed by atoms with Crippen LogP contribution in [-0.4, -0.2) is 71.3 Å². The Morgan fingerprint density at radius 2 is 1.85 bits per heavy atom. The number of aliphatic imine (C=N–C) groups is 1. The summed E-state index contributed by atoms with van der Waals surface area (Å²) >= 11 is 0. The van der Waals surface area contributed by atoms with E-state index < -0.39 is 9.84 Å². The van der Waals surface area contributed by atoms with Crippen LogP contribution in [0.2, 0.25) is 0 Å². The highest BCUT2D eigenvalue weighted by Gasteiger charge is 2.27. The lowest BCUT2D eigenvalue weighted by atomic mass is 9.86. The molecule has 0 spiro atoms. The zero-order valence-electron chi connectivity index (χ0n) is 16.1. The van der Waals surface area contributed by atoms with Crippen molar-refractivity contribution in [3.63, 3.8) is 0 Å². The highest BCUT2D eigenvalue weighted by Crippen LogP contribution is 2.25. The van der Waals surface area contributed by atoms with E-state index in [-0.39, 0.29) is 30.3 Å². The Balaban J connectivity index is 2.33. The Morgan fingerprint density at radius 3 is 2.42 bits per heavy atom. The zero-order valence-corrected chi connectivity index (χ0v) is 16.9. The van der Waals surface area contributed by atoms with E-state index in [2.05, 4.69) is 15.6 Å². The summed E-state index contributed by atoms with van der Waals surface area (Å²) in [7, 11) is -2.99. The van der Waals surface area contributed by atoms with Gasteiger partial charge >= 0.3 is 5.97 Å². The molecule has 1 fully saturated rings. The number of nitrogens with zero attached hydrogens (tertiary/aromatic N) is 1. The smallest absolute Gasteiger partial charge is 0.308 e. The fraction of sp³-hybridized carbons (Fsp3) is 0.882. The van der Waals surface area contributed by atoms with Crippen molar-refractivity contribution in [3.8, 4) is 0 Å². The van der Waals surface area contributed by atoms with Crippen LogP contribution in [0.5, 0.6) is 0 Å². The van der Waals surface area contributed by atoms with Crippen LogP contribution >= 0.6 is 0 Å². The first-order valence-corrected chi connectivity index (χ1v) is 11.4. The Hall–Kier alpha value is -1.35. The minimum atomic E-state index is -2.99. The zero-order chi connectivity index (χ0) is 19.4. The summed E-state index contributed by atoms with van der Waals surface area (Å²) in [5, 5.41) is 6.59. The van der Waals surface area contributed by atoms with Gasteiger partial charge in [0.15, 0.2) is 5.96 Å². The number of rotatable bonds is 10. The Morgan fingerprint density at radius 1 is 1.15 bits per heavy atom. The second-order valence-electron chi connectivity index (χ2n) is 6.45. The normalized spacial score (nSPS) is 21.3. The van der Waals surface area contributed by atoms with Gasteiger partial charge in [-0.1, -0.05) is 0 Å². The number of ether oxygens (including phenoxy) is 2. The number of carbonyl (C=O) groups is 1. The van der Waals surface area contributed by atoms with E-state index in [9.17, 15) is 13.2 Å². The van der Waals surface area contributed by atoms with E-state index in [1.54, 1.807) is 0 Å². The first kappa shape index (κ1) is 22.7. The van der Waals surface area contributed by atoms with Crippen molar-refractivity contribution in [1.82, 2.24) is 10.6 Å². The molecule has 1 aliphatic rings. The summed E-state index contributed by atoms with van der Waals surface area (Å²) in [4.78, 5) is 16.2. The largest absolute Gasteiger partial charge is 0.466 e. The van der Waals surface area contributed by atoms with Crippen molar-refractivity contribution < 1.29 is 22.7 Å². The van der Waals surface area contributed by atoms with Crippen LogP contribution in [0.4, 0.5) is 0 Å². The Labute approximate surface area is 157 Å². The van der Waals surface area contributed by atoms with Gasteiger partial charge in [0.25, 0.3) is 0 Å². The maximum atomic E-state index is 11.8. The number of hydrogen-bond acceptors (Lipinski definition) is 6. The Bertz CT molecular complexity index is 543. The van der Waals surface area contributed by atoms with Crippen LogP contribution < -0.4 is 10.6 Å². The van der Waals surface area contributed by atoms with E-state index >= 15 is 0 Å². The second-order valence-corrected chi connectivity index (χ2v) is 8.71. The summed E-state index contributed by atoms with van der Waals surface area (Å²) in [6.45, 7) is 6.03. The third-order valence-corrected chi connectivity index (χ3v) is 5.04. The topological polar surface area (TPSA) is 106 Å². The number of guanidine groups is 1. The number of hydrogen-bond donors (Lipinski definition) is 2. The average Bonchev–Trinajstić information content (AvgIpc) is 2.58. The van der Waals surface area contributed by atoms with Gasteiger partial charge in [-0.15, -0.1) is 0 Å². The third kappa shape index (κ3) is 9.96. The fourth-order valence-electron chi connectivity index (χ4n) is 2.78. The van der Waals surface area contributed by atoms with E-state index in [0.29, 0.717) is 19.8 Å². The molecule has 9 heteroatoms. The molecule has 0 heterocycles. The molecule has 0 saturated heterocycles. The predicted molar refractivity (Wildman–Crippen MR) is 102 cm³/mol. The van der Waals surface area contributed by atoms with Gasteiger partial charge in [-0.3, -0.25) is 9.79 Å². The first-order valence-electron chi connectivity index (χ1n) is 9.32.